The summed E-state index contributed by atoms with van der Waals surface area (Å²) in [6.45, 7) is 2.84. The van der Waals surface area contributed by atoms with Crippen LogP contribution in [0.4, 0.5) is 32.0 Å². The largest absolute Gasteiger partial charge is 0.416 e. The fourth-order valence-electron chi connectivity index (χ4n) is 3.91. The molecule has 0 spiro atoms. The second-order valence-electron chi connectivity index (χ2n) is 7.93. The molecule has 1 aliphatic rings. The van der Waals surface area contributed by atoms with Gasteiger partial charge in [-0.05, 0) is 43.3 Å². The summed E-state index contributed by atoms with van der Waals surface area (Å²) in [4.78, 5) is 16.4. The number of amides is 1. The van der Waals surface area contributed by atoms with Crippen molar-refractivity contribution in [2.45, 2.75) is 19.3 Å². The molecule has 0 bridgehead atoms. The minimum atomic E-state index is -4.50. The van der Waals surface area contributed by atoms with Gasteiger partial charge in [0.2, 0.25) is 0 Å². The Balaban J connectivity index is 1.47. The first-order chi connectivity index (χ1) is 15.9. The lowest BCUT2D eigenvalue weighted by atomic mass is 10.1. The van der Waals surface area contributed by atoms with E-state index < -0.39 is 23.5 Å². The van der Waals surface area contributed by atoms with Crippen LogP contribution in [0.25, 0.3) is 5.69 Å². The van der Waals surface area contributed by atoms with Gasteiger partial charge in [0.05, 0.1) is 34.3 Å². The summed E-state index contributed by atoms with van der Waals surface area (Å²) in [5.41, 5.74) is -0.301. The lowest BCUT2D eigenvalue weighted by molar-refractivity contribution is -0.138. The van der Waals surface area contributed by atoms with E-state index in [1.807, 2.05) is 0 Å². The molecule has 1 aliphatic heterocycles. The first kappa shape index (κ1) is 23.7. The number of carbonyl (C=O) groups excluding carboxylic acids is 1. The van der Waals surface area contributed by atoms with Crippen LogP contribution in [0, 0.1) is 6.92 Å². The zero-order valence-electron chi connectivity index (χ0n) is 18.0. The third kappa shape index (κ3) is 4.73. The van der Waals surface area contributed by atoms with Crippen molar-refractivity contribution in [1.29, 1.82) is 0 Å². The summed E-state index contributed by atoms with van der Waals surface area (Å²) >= 11 is 0. The van der Waals surface area contributed by atoms with Crippen molar-refractivity contribution in [3.63, 3.8) is 0 Å². The van der Waals surface area contributed by atoms with E-state index in [9.17, 15) is 31.1 Å². The normalized spacial score (nSPS) is 15.0. The van der Waals surface area contributed by atoms with Crippen LogP contribution < -0.4 is 4.90 Å². The van der Waals surface area contributed by atoms with Gasteiger partial charge in [-0.2, -0.15) is 31.4 Å². The molecule has 1 aromatic heterocycles. The van der Waals surface area contributed by atoms with Crippen LogP contribution in [-0.2, 0) is 12.4 Å². The van der Waals surface area contributed by atoms with E-state index in [2.05, 4.69) is 5.10 Å². The molecule has 1 fully saturated rings. The maximum absolute atomic E-state index is 13.0. The third-order valence-corrected chi connectivity index (χ3v) is 5.76. The molecule has 0 aliphatic carbocycles. The van der Waals surface area contributed by atoms with Crippen molar-refractivity contribution in [3.05, 3.63) is 77.1 Å². The predicted octanol–water partition coefficient (Wildman–Crippen LogP) is 5.18. The van der Waals surface area contributed by atoms with E-state index in [0.717, 1.165) is 24.3 Å². The molecule has 0 N–H and O–H groups in total. The van der Waals surface area contributed by atoms with Crippen LogP contribution in [0.1, 0.15) is 27.2 Å². The zero-order valence-corrected chi connectivity index (χ0v) is 18.0. The quantitative estimate of drug-likeness (QED) is 0.483. The highest BCUT2D eigenvalue weighted by Crippen LogP contribution is 2.32. The van der Waals surface area contributed by atoms with E-state index in [-0.39, 0.29) is 30.2 Å². The molecule has 0 unspecified atom stereocenters. The van der Waals surface area contributed by atoms with Gasteiger partial charge >= 0.3 is 12.4 Å². The summed E-state index contributed by atoms with van der Waals surface area (Å²) in [6.07, 6.45) is -7.63. The smallest absolute Gasteiger partial charge is 0.368 e. The van der Waals surface area contributed by atoms with E-state index in [0.29, 0.717) is 24.5 Å². The second kappa shape index (κ2) is 8.69. The molecule has 4 rings (SSSR count). The molecule has 5 nitrogen and oxygen atoms in total. The molecule has 0 atom stereocenters. The number of piperazine rings is 1. The molecule has 2 aromatic carbocycles. The van der Waals surface area contributed by atoms with Gasteiger partial charge in [0.15, 0.2) is 0 Å². The highest BCUT2D eigenvalue weighted by molar-refractivity contribution is 5.95. The molecular weight excluding hydrogens is 462 g/mol. The van der Waals surface area contributed by atoms with Gasteiger partial charge in [-0.25, -0.2) is 4.68 Å². The molecule has 1 saturated heterocycles. The van der Waals surface area contributed by atoms with Crippen LogP contribution >= 0.6 is 0 Å². The molecule has 1 amide bonds. The van der Waals surface area contributed by atoms with Crippen LogP contribution in [0.2, 0.25) is 0 Å². The minimum absolute atomic E-state index is 0.181. The molecule has 180 valence electrons. The second-order valence-corrected chi connectivity index (χ2v) is 7.93. The molecule has 3 aromatic rings. The zero-order chi connectivity index (χ0) is 24.7. The fourth-order valence-corrected chi connectivity index (χ4v) is 3.91. The molecule has 0 radical (unpaired) electrons. The summed E-state index contributed by atoms with van der Waals surface area (Å²) in [5, 5.41) is 4.11. The molecule has 2 heterocycles. The SMILES string of the molecule is Cc1c(C(=O)N2CCN(c3cccc(C(F)(F)F)c3)CC2)cnn1-c1cccc(C(F)(F)F)c1. The Kier molecular flexibility index (Phi) is 6.05. The fraction of sp³-hybridized carbons (Fsp3) is 0.304. The molecule has 11 heteroatoms. The van der Waals surface area contributed by atoms with Crippen molar-refractivity contribution in [1.82, 2.24) is 14.7 Å². The van der Waals surface area contributed by atoms with Gasteiger partial charge < -0.3 is 9.80 Å². The first-order valence-corrected chi connectivity index (χ1v) is 10.4. The van der Waals surface area contributed by atoms with E-state index in [1.165, 1.54) is 29.1 Å². The van der Waals surface area contributed by atoms with E-state index in [4.69, 9.17) is 0 Å². The molecule has 0 saturated carbocycles. The van der Waals surface area contributed by atoms with Gasteiger partial charge in [0.25, 0.3) is 5.91 Å². The van der Waals surface area contributed by atoms with Crippen LogP contribution in [0.15, 0.2) is 54.7 Å². The lowest BCUT2D eigenvalue weighted by Crippen LogP contribution is -2.49. The highest BCUT2D eigenvalue weighted by atomic mass is 19.4. The Morgan fingerprint density at radius 1 is 0.824 bits per heavy atom. The summed E-state index contributed by atoms with van der Waals surface area (Å²) in [6, 6.07) is 9.69. The number of hydrogen-bond donors (Lipinski definition) is 0. The number of nitrogens with zero attached hydrogens (tertiary/aromatic N) is 4. The first-order valence-electron chi connectivity index (χ1n) is 10.4. The van der Waals surface area contributed by atoms with Crippen LogP contribution in [0.3, 0.4) is 0 Å². The number of hydrogen-bond acceptors (Lipinski definition) is 3. The third-order valence-electron chi connectivity index (χ3n) is 5.76. The van der Waals surface area contributed by atoms with Crippen LogP contribution in [0.5, 0.6) is 0 Å². The number of halogens is 6. The summed E-state index contributed by atoms with van der Waals surface area (Å²) < 4.78 is 79.4. The van der Waals surface area contributed by atoms with Gasteiger partial charge in [0, 0.05) is 31.9 Å². The number of benzene rings is 2. The van der Waals surface area contributed by atoms with Crippen molar-refractivity contribution < 1.29 is 31.1 Å². The Labute approximate surface area is 191 Å². The monoisotopic (exact) mass is 482 g/mol. The number of anilines is 1. The van der Waals surface area contributed by atoms with Crippen molar-refractivity contribution >= 4 is 11.6 Å². The average Bonchev–Trinajstić information content (AvgIpc) is 3.19. The Morgan fingerprint density at radius 3 is 1.91 bits per heavy atom. The molecular formula is C23H20F6N4O. The van der Waals surface area contributed by atoms with Crippen molar-refractivity contribution in [2.24, 2.45) is 0 Å². The highest BCUT2D eigenvalue weighted by Gasteiger charge is 2.32. The number of carbonyl (C=O) groups is 1. The van der Waals surface area contributed by atoms with Gasteiger partial charge in [0.1, 0.15) is 0 Å². The number of alkyl halides is 6. The van der Waals surface area contributed by atoms with Crippen molar-refractivity contribution in [3.8, 4) is 5.69 Å². The Bertz CT molecular complexity index is 1190. The topological polar surface area (TPSA) is 41.4 Å². The Morgan fingerprint density at radius 2 is 1.35 bits per heavy atom. The van der Waals surface area contributed by atoms with E-state index >= 15 is 0 Å². The van der Waals surface area contributed by atoms with Gasteiger partial charge in [-0.3, -0.25) is 4.79 Å². The average molecular weight is 482 g/mol. The van der Waals surface area contributed by atoms with E-state index in [1.54, 1.807) is 22.8 Å². The molecule has 34 heavy (non-hydrogen) atoms. The van der Waals surface area contributed by atoms with Gasteiger partial charge in [-0.15, -0.1) is 0 Å². The Hall–Kier alpha value is -3.50. The van der Waals surface area contributed by atoms with Gasteiger partial charge in [-0.1, -0.05) is 12.1 Å². The maximum Gasteiger partial charge on any atom is 0.416 e. The summed E-state index contributed by atoms with van der Waals surface area (Å²) in [5.74, 6) is -0.334. The maximum atomic E-state index is 13.0. The standard InChI is InChI=1S/C23H20F6N4O/c1-15-20(14-30-33(15)19-7-3-5-17(13-19)23(27,28)29)21(34)32-10-8-31(9-11-32)18-6-2-4-16(12-18)22(24,25)26/h2-7,12-14H,8-11H2,1H3. The number of rotatable bonds is 3. The minimum Gasteiger partial charge on any atom is -0.368 e. The predicted molar refractivity (Wildman–Crippen MR) is 113 cm³/mol. The van der Waals surface area contributed by atoms with Crippen LogP contribution in [-0.4, -0.2) is 46.8 Å². The number of aromatic nitrogens is 2. The van der Waals surface area contributed by atoms with Crippen molar-refractivity contribution in [2.75, 3.05) is 31.1 Å². The summed E-state index contributed by atoms with van der Waals surface area (Å²) in [7, 11) is 0. The lowest BCUT2D eigenvalue weighted by Gasteiger charge is -2.36.